The highest BCUT2D eigenvalue weighted by atomic mass is 16.5. The summed E-state index contributed by atoms with van der Waals surface area (Å²) in [6.07, 6.45) is 0.910. The molecule has 2 amide bonds. The minimum Gasteiger partial charge on any atom is -0.448 e. The van der Waals surface area contributed by atoms with Gasteiger partial charge < -0.3 is 21.1 Å². The summed E-state index contributed by atoms with van der Waals surface area (Å²) in [4.78, 5) is 26.9. The van der Waals surface area contributed by atoms with Crippen molar-refractivity contribution in [2.24, 2.45) is 5.73 Å². The molecule has 7 heteroatoms. The van der Waals surface area contributed by atoms with Crippen LogP contribution in [0, 0.1) is 0 Å². The van der Waals surface area contributed by atoms with E-state index in [1.54, 1.807) is 12.1 Å². The van der Waals surface area contributed by atoms with Gasteiger partial charge in [0.05, 0.1) is 6.54 Å². The lowest BCUT2D eigenvalue weighted by Gasteiger charge is -2.10. The number of carbonyl (C=O) groups is 2. The molecule has 1 aromatic rings. The number of pyridine rings is 1. The molecule has 0 atom stereocenters. The van der Waals surface area contributed by atoms with E-state index in [9.17, 15) is 9.59 Å². The molecular weight excluding hydrogens is 272 g/mol. The van der Waals surface area contributed by atoms with Crippen LogP contribution in [0.3, 0.4) is 0 Å². The van der Waals surface area contributed by atoms with E-state index in [1.807, 2.05) is 6.92 Å². The van der Waals surface area contributed by atoms with Crippen LogP contribution in [0.4, 0.5) is 10.6 Å². The van der Waals surface area contributed by atoms with Gasteiger partial charge in [0, 0.05) is 17.8 Å². The van der Waals surface area contributed by atoms with Gasteiger partial charge in [0.1, 0.15) is 12.4 Å². The average molecular weight is 294 g/mol. The van der Waals surface area contributed by atoms with Crippen molar-refractivity contribution in [3.63, 3.8) is 0 Å². The Balaban J connectivity index is 2.70. The van der Waals surface area contributed by atoms with E-state index in [-0.39, 0.29) is 19.1 Å². The fourth-order valence-electron chi connectivity index (χ4n) is 1.79. The molecule has 0 fully saturated rings. The number of carbonyl (C=O) groups excluding carboxylic acids is 2. The van der Waals surface area contributed by atoms with Crippen LogP contribution in [0.15, 0.2) is 12.1 Å². The van der Waals surface area contributed by atoms with Crippen LogP contribution < -0.4 is 16.4 Å². The summed E-state index contributed by atoms with van der Waals surface area (Å²) in [5, 5.41) is 5.77. The topological polar surface area (TPSA) is 106 Å². The molecule has 21 heavy (non-hydrogen) atoms. The maximum absolute atomic E-state index is 12.1. The molecule has 0 spiro atoms. The Hall–Kier alpha value is -2.31. The van der Waals surface area contributed by atoms with Gasteiger partial charge >= 0.3 is 6.09 Å². The second-order valence-corrected chi connectivity index (χ2v) is 4.44. The molecule has 7 nitrogen and oxygen atoms in total. The lowest BCUT2D eigenvalue weighted by atomic mass is 10.1. The number of nitrogens with zero attached hydrogens (tertiary/aromatic N) is 1. The average Bonchev–Trinajstić information content (AvgIpc) is 2.43. The van der Waals surface area contributed by atoms with Crippen molar-refractivity contribution in [2.45, 2.75) is 26.7 Å². The molecule has 0 bridgehead atoms. The molecular formula is C14H22N4O3. The molecule has 1 rings (SSSR count). The predicted molar refractivity (Wildman–Crippen MR) is 80.3 cm³/mol. The Bertz CT molecular complexity index is 467. The number of aryl methyl sites for hydroxylation is 1. The predicted octanol–water partition coefficient (Wildman–Crippen LogP) is 1.29. The zero-order valence-electron chi connectivity index (χ0n) is 12.4. The number of nitrogens with two attached hydrogens (primary N) is 1. The number of primary amides is 1. The van der Waals surface area contributed by atoms with Gasteiger partial charge in [0.15, 0.2) is 0 Å². The minimum absolute atomic E-state index is 0.0496. The van der Waals surface area contributed by atoms with Crippen LogP contribution in [0.25, 0.3) is 0 Å². The highest BCUT2D eigenvalue weighted by molar-refractivity contribution is 5.95. The summed E-state index contributed by atoms with van der Waals surface area (Å²) in [5.41, 5.74) is 6.24. The van der Waals surface area contributed by atoms with Crippen molar-refractivity contribution in [3.8, 4) is 0 Å². The third kappa shape index (κ3) is 6.11. The van der Waals surface area contributed by atoms with Gasteiger partial charge in [0.2, 0.25) is 0 Å². The van der Waals surface area contributed by atoms with E-state index in [0.29, 0.717) is 11.4 Å². The summed E-state index contributed by atoms with van der Waals surface area (Å²) >= 11 is 0. The first-order valence-electron chi connectivity index (χ1n) is 7.02. The molecule has 0 aliphatic rings. The largest absolute Gasteiger partial charge is 0.448 e. The zero-order chi connectivity index (χ0) is 15.7. The Kier molecular flexibility index (Phi) is 7.00. The maximum atomic E-state index is 12.1. The third-order valence-electron chi connectivity index (χ3n) is 2.64. The molecule has 0 aromatic carbocycles. The molecule has 0 radical (unpaired) electrons. The van der Waals surface area contributed by atoms with Crippen LogP contribution >= 0.6 is 0 Å². The number of ether oxygens (including phenoxy) is 1. The summed E-state index contributed by atoms with van der Waals surface area (Å²) in [6.45, 7) is 5.02. The van der Waals surface area contributed by atoms with Crippen LogP contribution in [-0.4, -0.2) is 36.7 Å². The fraction of sp³-hybridized carbons (Fsp3) is 0.500. The van der Waals surface area contributed by atoms with Gasteiger partial charge in [-0.25, -0.2) is 9.78 Å². The van der Waals surface area contributed by atoms with Gasteiger partial charge in [-0.2, -0.15) is 0 Å². The van der Waals surface area contributed by atoms with Crippen LogP contribution in [0.2, 0.25) is 0 Å². The lowest BCUT2D eigenvalue weighted by molar-refractivity contribution is 0.0936. The summed E-state index contributed by atoms with van der Waals surface area (Å²) in [6, 6.07) is 3.47. The first kappa shape index (κ1) is 16.7. The SMILES string of the molecule is CCCc1cc(C(=O)NCCOC(N)=O)cc(NCC)n1. The van der Waals surface area contributed by atoms with Crippen molar-refractivity contribution in [1.82, 2.24) is 10.3 Å². The second-order valence-electron chi connectivity index (χ2n) is 4.44. The molecule has 0 saturated heterocycles. The first-order valence-corrected chi connectivity index (χ1v) is 7.02. The Morgan fingerprint density at radius 2 is 2.10 bits per heavy atom. The smallest absolute Gasteiger partial charge is 0.404 e. The molecule has 0 unspecified atom stereocenters. The van der Waals surface area contributed by atoms with E-state index < -0.39 is 6.09 Å². The van der Waals surface area contributed by atoms with Gasteiger partial charge in [-0.05, 0) is 25.5 Å². The van der Waals surface area contributed by atoms with Gasteiger partial charge in [0.25, 0.3) is 5.91 Å². The Morgan fingerprint density at radius 3 is 2.71 bits per heavy atom. The van der Waals surface area contributed by atoms with Crippen molar-refractivity contribution >= 4 is 17.8 Å². The molecule has 0 aliphatic heterocycles. The lowest BCUT2D eigenvalue weighted by Crippen LogP contribution is -2.29. The summed E-state index contributed by atoms with van der Waals surface area (Å²) < 4.78 is 4.55. The number of nitrogens with one attached hydrogen (secondary N) is 2. The van der Waals surface area contributed by atoms with E-state index >= 15 is 0 Å². The zero-order valence-corrected chi connectivity index (χ0v) is 12.4. The first-order chi connectivity index (χ1) is 10.1. The van der Waals surface area contributed by atoms with E-state index in [0.717, 1.165) is 25.1 Å². The standard InChI is InChI=1S/C14H22N4O3/c1-3-5-11-8-10(9-12(18-11)16-4-2)13(19)17-6-7-21-14(15)20/h8-9H,3-7H2,1-2H3,(H2,15,20)(H,16,18)(H,17,19). The molecule has 1 heterocycles. The number of rotatable bonds is 8. The van der Waals surface area contributed by atoms with Gasteiger partial charge in [-0.3, -0.25) is 4.79 Å². The van der Waals surface area contributed by atoms with Crippen molar-refractivity contribution in [1.29, 1.82) is 0 Å². The highest BCUT2D eigenvalue weighted by Gasteiger charge is 2.09. The maximum Gasteiger partial charge on any atom is 0.404 e. The number of aromatic nitrogens is 1. The molecule has 0 aliphatic carbocycles. The van der Waals surface area contributed by atoms with Crippen molar-refractivity contribution in [2.75, 3.05) is 25.0 Å². The van der Waals surface area contributed by atoms with Crippen molar-refractivity contribution in [3.05, 3.63) is 23.4 Å². The summed E-state index contributed by atoms with van der Waals surface area (Å²) in [5.74, 6) is 0.448. The number of amides is 2. The number of anilines is 1. The van der Waals surface area contributed by atoms with E-state index in [4.69, 9.17) is 5.73 Å². The normalized spacial score (nSPS) is 10.0. The molecule has 1 aromatic heterocycles. The number of hydrogen-bond acceptors (Lipinski definition) is 5. The van der Waals surface area contributed by atoms with Crippen molar-refractivity contribution < 1.29 is 14.3 Å². The minimum atomic E-state index is -0.854. The van der Waals surface area contributed by atoms with Crippen LogP contribution in [0.1, 0.15) is 36.3 Å². The molecule has 0 saturated carbocycles. The fourth-order valence-corrected chi connectivity index (χ4v) is 1.79. The third-order valence-corrected chi connectivity index (χ3v) is 2.64. The Morgan fingerprint density at radius 1 is 1.33 bits per heavy atom. The van der Waals surface area contributed by atoms with Crippen LogP contribution in [-0.2, 0) is 11.2 Å². The second kappa shape index (κ2) is 8.78. The highest BCUT2D eigenvalue weighted by Crippen LogP contribution is 2.12. The van der Waals surface area contributed by atoms with E-state index in [2.05, 4.69) is 27.3 Å². The quantitative estimate of drug-likeness (QED) is 0.626. The van der Waals surface area contributed by atoms with Gasteiger partial charge in [-0.1, -0.05) is 13.3 Å². The van der Waals surface area contributed by atoms with Gasteiger partial charge in [-0.15, -0.1) is 0 Å². The molecule has 4 N–H and O–H groups in total. The molecule has 116 valence electrons. The summed E-state index contributed by atoms with van der Waals surface area (Å²) in [7, 11) is 0. The van der Waals surface area contributed by atoms with E-state index in [1.165, 1.54) is 0 Å². The monoisotopic (exact) mass is 294 g/mol. The number of hydrogen-bond donors (Lipinski definition) is 3. The van der Waals surface area contributed by atoms with Crippen LogP contribution in [0.5, 0.6) is 0 Å². The Labute approximate surface area is 124 Å².